The molecule has 0 saturated carbocycles. The Balaban J connectivity index is 1.71. The molecule has 26 heavy (non-hydrogen) atoms. The molecule has 0 aromatic heterocycles. The molecule has 0 bridgehead atoms. The first-order valence-electron chi connectivity index (χ1n) is 9.16. The van der Waals surface area contributed by atoms with E-state index < -0.39 is 0 Å². The molecule has 0 fully saturated rings. The molecular formula is C25H23N. The molecule has 4 rings (SSSR count). The first-order valence-corrected chi connectivity index (χ1v) is 9.16. The second kappa shape index (κ2) is 7.45. The van der Waals surface area contributed by atoms with E-state index >= 15 is 0 Å². The molecule has 1 aliphatic carbocycles. The fourth-order valence-corrected chi connectivity index (χ4v) is 3.42. The molecule has 1 nitrogen and oxygen atoms in total. The number of rotatable bonds is 4. The van der Waals surface area contributed by atoms with Gasteiger partial charge in [-0.25, -0.2) is 0 Å². The van der Waals surface area contributed by atoms with Gasteiger partial charge in [0, 0.05) is 23.0 Å². The van der Waals surface area contributed by atoms with E-state index in [0.29, 0.717) is 5.92 Å². The van der Waals surface area contributed by atoms with Crippen LogP contribution in [0.1, 0.15) is 23.5 Å². The summed E-state index contributed by atoms with van der Waals surface area (Å²) in [5, 5.41) is 0. The number of allylic oxidation sites excluding steroid dienone is 4. The fourth-order valence-electron chi connectivity index (χ4n) is 3.42. The fraction of sp³-hybridized carbons (Fsp3) is 0.120. The molecule has 0 aliphatic heterocycles. The van der Waals surface area contributed by atoms with Gasteiger partial charge in [0.1, 0.15) is 0 Å². The normalized spacial score (nSPS) is 15.8. The van der Waals surface area contributed by atoms with Gasteiger partial charge < -0.3 is 4.90 Å². The standard InChI is InChI=1S/C25H23N/c1-20-12-16-24(17-13-20)26(23-10-6-3-7-11-23)25-18-14-22(15-19-25)21-8-4-2-5-9-21/h2-8,10-19,21H,9H2,1H3. The van der Waals surface area contributed by atoms with Crippen molar-refractivity contribution < 1.29 is 0 Å². The van der Waals surface area contributed by atoms with Crippen molar-refractivity contribution in [2.24, 2.45) is 0 Å². The number of para-hydroxylation sites is 1. The predicted octanol–water partition coefficient (Wildman–Crippen LogP) is 7.06. The van der Waals surface area contributed by atoms with Gasteiger partial charge in [0.15, 0.2) is 0 Å². The van der Waals surface area contributed by atoms with Gasteiger partial charge in [0.25, 0.3) is 0 Å². The van der Waals surface area contributed by atoms with E-state index in [1.165, 1.54) is 28.2 Å². The largest absolute Gasteiger partial charge is 0.311 e. The lowest BCUT2D eigenvalue weighted by Gasteiger charge is -2.26. The summed E-state index contributed by atoms with van der Waals surface area (Å²) in [5.74, 6) is 0.485. The maximum atomic E-state index is 2.31. The molecule has 1 aliphatic rings. The molecule has 1 atom stereocenters. The summed E-state index contributed by atoms with van der Waals surface area (Å²) in [6.07, 6.45) is 9.87. The summed E-state index contributed by atoms with van der Waals surface area (Å²) < 4.78 is 0. The topological polar surface area (TPSA) is 3.24 Å². The van der Waals surface area contributed by atoms with Crippen molar-refractivity contribution in [1.29, 1.82) is 0 Å². The molecule has 0 spiro atoms. The van der Waals surface area contributed by atoms with Gasteiger partial charge in [-0.3, -0.25) is 0 Å². The van der Waals surface area contributed by atoms with Crippen molar-refractivity contribution in [3.8, 4) is 0 Å². The van der Waals surface area contributed by atoms with Crippen molar-refractivity contribution in [1.82, 2.24) is 0 Å². The van der Waals surface area contributed by atoms with Crippen LogP contribution in [0.4, 0.5) is 17.1 Å². The summed E-state index contributed by atoms with van der Waals surface area (Å²) in [7, 11) is 0. The SMILES string of the molecule is Cc1ccc(N(c2ccccc2)c2ccc(C3C=CC=CC3)cc2)cc1. The van der Waals surface area contributed by atoms with Crippen molar-refractivity contribution >= 4 is 17.1 Å². The Morgan fingerprint density at radius 1 is 0.692 bits per heavy atom. The van der Waals surface area contributed by atoms with Crippen LogP contribution in [0.25, 0.3) is 0 Å². The highest BCUT2D eigenvalue weighted by Gasteiger charge is 2.13. The van der Waals surface area contributed by atoms with Crippen LogP contribution < -0.4 is 4.90 Å². The number of hydrogen-bond acceptors (Lipinski definition) is 1. The second-order valence-corrected chi connectivity index (χ2v) is 6.75. The van der Waals surface area contributed by atoms with E-state index in [-0.39, 0.29) is 0 Å². The molecule has 128 valence electrons. The molecule has 3 aromatic carbocycles. The molecule has 3 aromatic rings. The minimum absolute atomic E-state index is 0.485. The average Bonchev–Trinajstić information content (AvgIpc) is 2.72. The van der Waals surface area contributed by atoms with E-state index in [1.807, 2.05) is 0 Å². The van der Waals surface area contributed by atoms with Crippen LogP contribution in [0.5, 0.6) is 0 Å². The number of anilines is 3. The third kappa shape index (κ3) is 3.48. The summed E-state index contributed by atoms with van der Waals surface area (Å²) >= 11 is 0. The Bertz CT molecular complexity index is 903. The molecule has 0 amide bonds. The first-order chi connectivity index (χ1) is 12.8. The molecule has 0 radical (unpaired) electrons. The smallest absolute Gasteiger partial charge is 0.0461 e. The van der Waals surface area contributed by atoms with Gasteiger partial charge in [0.05, 0.1) is 0 Å². The van der Waals surface area contributed by atoms with Crippen LogP contribution in [-0.4, -0.2) is 0 Å². The monoisotopic (exact) mass is 337 g/mol. The molecule has 0 N–H and O–H groups in total. The summed E-state index contributed by atoms with van der Waals surface area (Å²) in [5.41, 5.74) is 6.17. The maximum Gasteiger partial charge on any atom is 0.0461 e. The van der Waals surface area contributed by atoms with Gasteiger partial charge in [-0.2, -0.15) is 0 Å². The van der Waals surface area contributed by atoms with Gasteiger partial charge >= 0.3 is 0 Å². The minimum atomic E-state index is 0.485. The van der Waals surface area contributed by atoms with Crippen molar-refractivity contribution in [2.75, 3.05) is 4.90 Å². The van der Waals surface area contributed by atoms with Crippen LogP contribution in [0.3, 0.4) is 0 Å². The highest BCUT2D eigenvalue weighted by Crippen LogP contribution is 2.35. The second-order valence-electron chi connectivity index (χ2n) is 6.75. The zero-order valence-corrected chi connectivity index (χ0v) is 15.0. The number of benzene rings is 3. The molecular weight excluding hydrogens is 314 g/mol. The number of nitrogens with zero attached hydrogens (tertiary/aromatic N) is 1. The summed E-state index contributed by atoms with van der Waals surface area (Å²) in [4.78, 5) is 2.31. The van der Waals surface area contributed by atoms with Crippen LogP contribution in [-0.2, 0) is 0 Å². The number of aryl methyl sites for hydroxylation is 1. The number of hydrogen-bond donors (Lipinski definition) is 0. The van der Waals surface area contributed by atoms with Crippen molar-refractivity contribution in [3.05, 3.63) is 114 Å². The lowest BCUT2D eigenvalue weighted by atomic mass is 9.92. The minimum Gasteiger partial charge on any atom is -0.311 e. The Hall–Kier alpha value is -3.06. The third-order valence-electron chi connectivity index (χ3n) is 4.87. The molecule has 0 heterocycles. The highest BCUT2D eigenvalue weighted by molar-refractivity contribution is 5.76. The van der Waals surface area contributed by atoms with Crippen LogP contribution in [0, 0.1) is 6.92 Å². The van der Waals surface area contributed by atoms with Gasteiger partial charge in [-0.1, -0.05) is 72.3 Å². The Kier molecular flexibility index (Phi) is 4.70. The van der Waals surface area contributed by atoms with Crippen molar-refractivity contribution in [2.45, 2.75) is 19.3 Å². The maximum absolute atomic E-state index is 2.31. The zero-order valence-electron chi connectivity index (χ0n) is 15.0. The third-order valence-corrected chi connectivity index (χ3v) is 4.87. The average molecular weight is 337 g/mol. The van der Waals surface area contributed by atoms with E-state index in [0.717, 1.165) is 6.42 Å². The van der Waals surface area contributed by atoms with Crippen LogP contribution in [0.2, 0.25) is 0 Å². The lowest BCUT2D eigenvalue weighted by Crippen LogP contribution is -2.10. The van der Waals surface area contributed by atoms with Crippen LogP contribution >= 0.6 is 0 Å². The van der Waals surface area contributed by atoms with Crippen molar-refractivity contribution in [3.63, 3.8) is 0 Å². The van der Waals surface area contributed by atoms with Gasteiger partial charge in [-0.05, 0) is 55.3 Å². The molecule has 1 heteroatoms. The highest BCUT2D eigenvalue weighted by atomic mass is 15.1. The summed E-state index contributed by atoms with van der Waals surface area (Å²) in [6.45, 7) is 2.12. The predicted molar refractivity (Wildman–Crippen MR) is 112 cm³/mol. The quantitative estimate of drug-likeness (QED) is 0.492. The van der Waals surface area contributed by atoms with E-state index in [9.17, 15) is 0 Å². The zero-order chi connectivity index (χ0) is 17.8. The van der Waals surface area contributed by atoms with Crippen LogP contribution in [0.15, 0.2) is 103 Å². The summed E-state index contributed by atoms with van der Waals surface area (Å²) in [6, 6.07) is 28.2. The Morgan fingerprint density at radius 3 is 1.92 bits per heavy atom. The Labute approximate surface area is 155 Å². The molecule has 0 saturated heterocycles. The van der Waals surface area contributed by atoms with Gasteiger partial charge in [-0.15, -0.1) is 0 Å². The van der Waals surface area contributed by atoms with Gasteiger partial charge in [0.2, 0.25) is 0 Å². The van der Waals surface area contributed by atoms with E-state index in [2.05, 4.69) is 115 Å². The van der Waals surface area contributed by atoms with E-state index in [1.54, 1.807) is 0 Å². The lowest BCUT2D eigenvalue weighted by molar-refractivity contribution is 0.854. The van der Waals surface area contributed by atoms with E-state index in [4.69, 9.17) is 0 Å². The first kappa shape index (κ1) is 16.4. The molecule has 1 unspecified atom stereocenters. The Morgan fingerprint density at radius 2 is 1.31 bits per heavy atom.